The molecule has 2 aromatic heterocycles. The lowest BCUT2D eigenvalue weighted by Crippen LogP contribution is -2.22. The van der Waals surface area contributed by atoms with E-state index in [0.717, 1.165) is 49.7 Å². The van der Waals surface area contributed by atoms with Crippen molar-refractivity contribution in [1.82, 2.24) is 9.97 Å². The molecule has 0 aliphatic heterocycles. The molecule has 2 atom stereocenters. The van der Waals surface area contributed by atoms with Gasteiger partial charge in [-0.15, -0.1) is 0 Å². The first kappa shape index (κ1) is 66.7. The maximum absolute atomic E-state index is 12.8. The summed E-state index contributed by atoms with van der Waals surface area (Å²) in [6, 6.07) is 51.8. The summed E-state index contributed by atoms with van der Waals surface area (Å²) in [5.41, 5.74) is 4.70. The Hall–Kier alpha value is -5.88. The summed E-state index contributed by atoms with van der Waals surface area (Å²) in [7, 11) is 0. The van der Waals surface area contributed by atoms with E-state index in [1.807, 2.05) is 220 Å². The van der Waals surface area contributed by atoms with E-state index in [2.05, 4.69) is 69.1 Å². The van der Waals surface area contributed by atoms with Gasteiger partial charge in [0.05, 0.1) is 11.8 Å². The second-order valence-electron chi connectivity index (χ2n) is 12.1. The Bertz CT molecular complexity index is 1690. The molecule has 0 saturated heterocycles. The van der Waals surface area contributed by atoms with Gasteiger partial charge in [0.2, 0.25) is 11.8 Å². The summed E-state index contributed by atoms with van der Waals surface area (Å²) >= 11 is 0. The van der Waals surface area contributed by atoms with Crippen molar-refractivity contribution in [2.45, 2.75) is 161 Å². The highest BCUT2D eigenvalue weighted by Crippen LogP contribution is 2.25. The predicted molar refractivity (Wildman–Crippen MR) is 294 cm³/mol. The van der Waals surface area contributed by atoms with Gasteiger partial charge < -0.3 is 10.6 Å². The second-order valence-corrected chi connectivity index (χ2v) is 12.1. The van der Waals surface area contributed by atoms with Crippen molar-refractivity contribution in [1.29, 1.82) is 0 Å². The quantitative estimate of drug-likeness (QED) is 0.114. The van der Waals surface area contributed by atoms with Crippen LogP contribution in [0.1, 0.15) is 171 Å². The number of aromatic nitrogens is 2. The van der Waals surface area contributed by atoms with Gasteiger partial charge in [-0.25, -0.2) is 9.97 Å². The summed E-state index contributed by atoms with van der Waals surface area (Å²) < 4.78 is 0. The Balaban J connectivity index is -0.000000447. The number of hydrogen-bond acceptors (Lipinski definition) is 4. The van der Waals surface area contributed by atoms with Crippen LogP contribution >= 0.6 is 0 Å². The number of carbonyl (C=O) groups is 2. The van der Waals surface area contributed by atoms with E-state index < -0.39 is 0 Å². The lowest BCUT2D eigenvalue weighted by atomic mass is 9.91. The zero-order valence-corrected chi connectivity index (χ0v) is 44.3. The first-order chi connectivity index (χ1) is 32.7. The monoisotopic (exact) mass is 901 g/mol. The molecular weight excluding hydrogens is 809 g/mol. The molecule has 0 fully saturated rings. The van der Waals surface area contributed by atoms with Gasteiger partial charge in [0.25, 0.3) is 0 Å². The zero-order valence-electron chi connectivity index (χ0n) is 44.3. The summed E-state index contributed by atoms with van der Waals surface area (Å²) in [5, 5.41) is 5.88. The number of aryl methyl sites for hydroxylation is 2. The molecule has 2 amide bonds. The SMILES string of the molecule is CC.CC.CC.CC.CC.CC.CC.CC.O=C(Nc1ccccn1)[C@@H](CCCc1ccccc1)c1ccccc1.O=C(Nc1ccccn1)[C@H](CCCc1ccccc1)c1ccccc1. The minimum absolute atomic E-state index is 0.00189. The number of anilines is 2. The summed E-state index contributed by atoms with van der Waals surface area (Å²) in [5.74, 6) is 0.836. The van der Waals surface area contributed by atoms with E-state index in [4.69, 9.17) is 0 Å². The number of nitrogens with zero attached hydrogens (tertiary/aromatic N) is 2. The molecular formula is C60H92N4O2. The maximum atomic E-state index is 12.8. The molecule has 4 aromatic carbocycles. The van der Waals surface area contributed by atoms with Crippen LogP contribution in [0.3, 0.4) is 0 Å². The zero-order chi connectivity index (χ0) is 50.6. The van der Waals surface area contributed by atoms with E-state index in [9.17, 15) is 9.59 Å². The standard InChI is InChI=1S/2C22H22N2O.8C2H6/c2*25-22(24-21-16-7-8-17-23-21)20(19-13-5-2-6-14-19)15-9-12-18-10-3-1-4-11-18;8*1-2/h2*1-8,10-11,13-14,16-17,20H,9,12,15H2,(H,23,24,25);8*1-2H3/t2*20-;;;;;;;;/m10......../s1. The van der Waals surface area contributed by atoms with Gasteiger partial charge in [0.15, 0.2) is 0 Å². The van der Waals surface area contributed by atoms with Crippen LogP contribution in [-0.4, -0.2) is 21.8 Å². The number of benzene rings is 4. The van der Waals surface area contributed by atoms with Gasteiger partial charge >= 0.3 is 0 Å². The van der Waals surface area contributed by atoms with Gasteiger partial charge in [-0.1, -0.05) is 244 Å². The maximum Gasteiger partial charge on any atom is 0.233 e. The van der Waals surface area contributed by atoms with Crippen LogP contribution in [0.25, 0.3) is 0 Å². The van der Waals surface area contributed by atoms with Crippen LogP contribution in [0.2, 0.25) is 0 Å². The van der Waals surface area contributed by atoms with Crippen LogP contribution in [0.15, 0.2) is 170 Å². The Morgan fingerprint density at radius 3 is 0.879 bits per heavy atom. The molecule has 0 unspecified atom stereocenters. The predicted octanol–water partition coefficient (Wildman–Crippen LogP) is 17.9. The molecule has 66 heavy (non-hydrogen) atoms. The minimum atomic E-state index is -0.174. The van der Waals surface area contributed by atoms with E-state index >= 15 is 0 Å². The molecule has 6 heteroatoms. The molecule has 0 aliphatic rings. The van der Waals surface area contributed by atoms with Crippen molar-refractivity contribution in [3.8, 4) is 0 Å². The molecule has 0 radical (unpaired) electrons. The molecule has 6 aromatic rings. The van der Waals surface area contributed by atoms with E-state index in [1.165, 1.54) is 11.1 Å². The summed E-state index contributed by atoms with van der Waals surface area (Å²) in [6.45, 7) is 32.0. The fourth-order valence-electron chi connectivity index (χ4n) is 5.88. The Morgan fingerprint density at radius 2 is 0.621 bits per heavy atom. The average molecular weight is 901 g/mol. The molecule has 0 bridgehead atoms. The van der Waals surface area contributed by atoms with Crippen molar-refractivity contribution in [2.24, 2.45) is 0 Å². The van der Waals surface area contributed by atoms with Crippen molar-refractivity contribution >= 4 is 23.5 Å². The van der Waals surface area contributed by atoms with Crippen LogP contribution in [0.4, 0.5) is 11.6 Å². The lowest BCUT2D eigenvalue weighted by molar-refractivity contribution is -0.118. The highest BCUT2D eigenvalue weighted by atomic mass is 16.2. The number of amides is 2. The molecule has 2 N–H and O–H groups in total. The third-order valence-corrected chi connectivity index (χ3v) is 8.47. The summed E-state index contributed by atoms with van der Waals surface area (Å²) in [6.07, 6.45) is 8.83. The first-order valence-electron chi connectivity index (χ1n) is 25.3. The average Bonchev–Trinajstić information content (AvgIpc) is 3.43. The highest BCUT2D eigenvalue weighted by molar-refractivity contribution is 5.95. The van der Waals surface area contributed by atoms with Gasteiger partial charge in [-0.2, -0.15) is 0 Å². The summed E-state index contributed by atoms with van der Waals surface area (Å²) in [4.78, 5) is 34.0. The first-order valence-corrected chi connectivity index (χ1v) is 25.3. The third kappa shape index (κ3) is 31.1. The van der Waals surface area contributed by atoms with E-state index in [1.54, 1.807) is 12.4 Å². The van der Waals surface area contributed by atoms with Gasteiger partial charge in [0.1, 0.15) is 11.6 Å². The fraction of sp³-hybridized carbons (Fsp3) is 0.400. The molecule has 2 heterocycles. The van der Waals surface area contributed by atoms with Crippen molar-refractivity contribution in [2.75, 3.05) is 10.6 Å². The minimum Gasteiger partial charge on any atom is -0.310 e. The molecule has 0 aliphatic carbocycles. The van der Waals surface area contributed by atoms with Crippen LogP contribution in [0.5, 0.6) is 0 Å². The number of hydrogen-bond donors (Lipinski definition) is 2. The lowest BCUT2D eigenvalue weighted by Gasteiger charge is -2.17. The van der Waals surface area contributed by atoms with Crippen LogP contribution < -0.4 is 10.6 Å². The molecule has 0 spiro atoms. The largest absolute Gasteiger partial charge is 0.310 e. The van der Waals surface area contributed by atoms with Crippen molar-refractivity contribution in [3.63, 3.8) is 0 Å². The van der Waals surface area contributed by atoms with Crippen molar-refractivity contribution in [3.05, 3.63) is 192 Å². The number of rotatable bonds is 14. The number of nitrogens with one attached hydrogen (secondary N) is 2. The molecule has 6 nitrogen and oxygen atoms in total. The molecule has 6 rings (SSSR count). The van der Waals surface area contributed by atoms with Gasteiger partial charge in [0, 0.05) is 12.4 Å². The van der Waals surface area contributed by atoms with E-state index in [-0.39, 0.29) is 23.7 Å². The van der Waals surface area contributed by atoms with Crippen molar-refractivity contribution < 1.29 is 9.59 Å². The third-order valence-electron chi connectivity index (χ3n) is 8.47. The second kappa shape index (κ2) is 51.8. The molecule has 364 valence electrons. The van der Waals surface area contributed by atoms with Crippen LogP contribution in [-0.2, 0) is 22.4 Å². The van der Waals surface area contributed by atoms with Crippen LogP contribution in [0, 0.1) is 0 Å². The Morgan fingerprint density at radius 1 is 0.364 bits per heavy atom. The Kier molecular flexibility index (Phi) is 52.3. The highest BCUT2D eigenvalue weighted by Gasteiger charge is 2.22. The Labute approximate surface area is 405 Å². The number of pyridine rings is 2. The number of carbonyl (C=O) groups excluding carboxylic acids is 2. The fourth-order valence-corrected chi connectivity index (χ4v) is 5.88. The van der Waals surface area contributed by atoms with Gasteiger partial charge in [-0.3, -0.25) is 9.59 Å². The topological polar surface area (TPSA) is 84.0 Å². The normalized spacial score (nSPS) is 9.58. The smallest absolute Gasteiger partial charge is 0.233 e. The van der Waals surface area contributed by atoms with E-state index in [0.29, 0.717) is 11.6 Å². The van der Waals surface area contributed by atoms with Gasteiger partial charge in [-0.05, 0) is 85.0 Å². The molecule has 0 saturated carbocycles.